The lowest BCUT2D eigenvalue weighted by atomic mass is 10.1. The van der Waals surface area contributed by atoms with E-state index in [0.29, 0.717) is 35.3 Å². The lowest BCUT2D eigenvalue weighted by molar-refractivity contribution is -0.138. The summed E-state index contributed by atoms with van der Waals surface area (Å²) in [4.78, 5) is 10.8. The second-order valence-corrected chi connectivity index (χ2v) is 6.02. The van der Waals surface area contributed by atoms with Gasteiger partial charge in [-0.25, -0.2) is 0 Å². The van der Waals surface area contributed by atoms with Crippen molar-refractivity contribution < 1.29 is 19.4 Å². The Hall–Kier alpha value is -1.46. The number of benzene rings is 1. The fraction of sp³-hybridized carbons (Fsp3) is 0.500. The molecule has 5 nitrogen and oxygen atoms in total. The van der Waals surface area contributed by atoms with Crippen molar-refractivity contribution in [3.8, 4) is 11.5 Å². The second kappa shape index (κ2) is 4.82. The third-order valence-electron chi connectivity index (χ3n) is 3.89. The Bertz CT molecular complexity index is 556. The fourth-order valence-electron chi connectivity index (χ4n) is 2.25. The van der Waals surface area contributed by atoms with E-state index in [2.05, 4.69) is 0 Å². The molecule has 2 aliphatic rings. The van der Waals surface area contributed by atoms with E-state index in [1.807, 2.05) is 0 Å². The van der Waals surface area contributed by atoms with E-state index >= 15 is 0 Å². The summed E-state index contributed by atoms with van der Waals surface area (Å²) in [5.74, 6) is 0.183. The molecule has 1 heterocycles. The summed E-state index contributed by atoms with van der Waals surface area (Å²) in [6, 6.07) is 2.44. The standard InChI is InChI=1S/C14H16ClNO4/c15-9-5-12-11(4-8(9)3-10(16)13(17)18)19-6-14(1-2-14)7-20-12/h4-5,10H,1-3,6-7,16H2,(H,17,18). The average Bonchev–Trinajstić information content (AvgIpc) is 3.19. The van der Waals surface area contributed by atoms with E-state index in [1.165, 1.54) is 0 Å². The molecule has 0 aromatic heterocycles. The number of ether oxygens (including phenoxy) is 2. The van der Waals surface area contributed by atoms with Gasteiger partial charge >= 0.3 is 5.97 Å². The first-order valence-corrected chi connectivity index (χ1v) is 6.93. The quantitative estimate of drug-likeness (QED) is 0.890. The Labute approximate surface area is 121 Å². The molecule has 1 aliphatic heterocycles. The van der Waals surface area contributed by atoms with Crippen molar-refractivity contribution in [2.24, 2.45) is 11.1 Å². The molecule has 6 heteroatoms. The number of hydrogen-bond donors (Lipinski definition) is 2. The number of carboxylic acid groups (broad SMARTS) is 1. The molecule has 1 saturated carbocycles. The van der Waals surface area contributed by atoms with Crippen LogP contribution in [0.25, 0.3) is 0 Å². The predicted octanol–water partition coefficient (Wildman–Crippen LogP) is 1.85. The Balaban J connectivity index is 1.84. The topological polar surface area (TPSA) is 81.8 Å². The van der Waals surface area contributed by atoms with E-state index < -0.39 is 12.0 Å². The number of carbonyl (C=O) groups is 1. The van der Waals surface area contributed by atoms with Crippen LogP contribution < -0.4 is 15.2 Å². The van der Waals surface area contributed by atoms with Crippen LogP contribution in [0.1, 0.15) is 18.4 Å². The third-order valence-corrected chi connectivity index (χ3v) is 4.25. The Morgan fingerprint density at radius 1 is 1.35 bits per heavy atom. The van der Waals surface area contributed by atoms with E-state index in [-0.39, 0.29) is 11.8 Å². The van der Waals surface area contributed by atoms with Gasteiger partial charge in [-0.3, -0.25) is 4.79 Å². The van der Waals surface area contributed by atoms with Crippen LogP contribution in [0.5, 0.6) is 11.5 Å². The van der Waals surface area contributed by atoms with Crippen LogP contribution in [0.3, 0.4) is 0 Å². The zero-order valence-electron chi connectivity index (χ0n) is 10.9. The number of aliphatic carboxylic acids is 1. The summed E-state index contributed by atoms with van der Waals surface area (Å²) in [5.41, 5.74) is 6.37. The number of hydrogen-bond acceptors (Lipinski definition) is 4. The molecule has 3 N–H and O–H groups in total. The van der Waals surface area contributed by atoms with Crippen LogP contribution in [0.4, 0.5) is 0 Å². The molecule has 3 rings (SSSR count). The molecular weight excluding hydrogens is 282 g/mol. The largest absolute Gasteiger partial charge is 0.489 e. The maximum absolute atomic E-state index is 10.8. The first kappa shape index (κ1) is 13.5. The van der Waals surface area contributed by atoms with Crippen LogP contribution in [-0.2, 0) is 11.2 Å². The summed E-state index contributed by atoms with van der Waals surface area (Å²) in [6.45, 7) is 1.27. The minimum Gasteiger partial charge on any atom is -0.489 e. The molecule has 0 bridgehead atoms. The molecule has 0 radical (unpaired) electrons. The zero-order chi connectivity index (χ0) is 14.3. The smallest absolute Gasteiger partial charge is 0.320 e. The molecular formula is C14H16ClNO4. The molecule has 1 spiro atoms. The molecule has 1 fully saturated rings. The first-order valence-electron chi connectivity index (χ1n) is 6.56. The summed E-state index contributed by atoms with van der Waals surface area (Å²) in [7, 11) is 0. The average molecular weight is 298 g/mol. The highest BCUT2D eigenvalue weighted by Crippen LogP contribution is 2.49. The van der Waals surface area contributed by atoms with Crippen molar-refractivity contribution in [3.63, 3.8) is 0 Å². The number of fused-ring (bicyclic) bond motifs is 1. The Morgan fingerprint density at radius 3 is 2.50 bits per heavy atom. The highest BCUT2D eigenvalue weighted by molar-refractivity contribution is 6.31. The third kappa shape index (κ3) is 2.55. The number of rotatable bonds is 3. The van der Waals surface area contributed by atoms with Crippen LogP contribution in [-0.4, -0.2) is 30.3 Å². The molecule has 1 unspecified atom stereocenters. The van der Waals surface area contributed by atoms with Crippen molar-refractivity contribution in [1.29, 1.82) is 0 Å². The van der Waals surface area contributed by atoms with Gasteiger partial charge in [0.25, 0.3) is 0 Å². The lowest BCUT2D eigenvalue weighted by Crippen LogP contribution is -2.32. The Morgan fingerprint density at radius 2 is 1.95 bits per heavy atom. The molecule has 1 aromatic rings. The van der Waals surface area contributed by atoms with Crippen LogP contribution in [0.15, 0.2) is 12.1 Å². The van der Waals surface area contributed by atoms with Gasteiger partial charge in [-0.1, -0.05) is 11.6 Å². The fourth-order valence-corrected chi connectivity index (χ4v) is 2.48. The Kier molecular flexibility index (Phi) is 3.26. The molecule has 0 saturated heterocycles. The highest BCUT2D eigenvalue weighted by Gasteiger charge is 2.46. The maximum atomic E-state index is 10.8. The highest BCUT2D eigenvalue weighted by atomic mass is 35.5. The van der Waals surface area contributed by atoms with Gasteiger partial charge in [0.15, 0.2) is 11.5 Å². The SMILES string of the molecule is NC(Cc1cc2c(cc1Cl)OCC1(CC1)CO2)C(=O)O. The zero-order valence-corrected chi connectivity index (χ0v) is 11.7. The lowest BCUT2D eigenvalue weighted by Gasteiger charge is -2.13. The summed E-state index contributed by atoms with van der Waals surface area (Å²) >= 11 is 6.17. The van der Waals surface area contributed by atoms with Crippen LogP contribution in [0, 0.1) is 5.41 Å². The summed E-state index contributed by atoms with van der Waals surface area (Å²) < 4.78 is 11.5. The van der Waals surface area contributed by atoms with E-state index in [4.69, 9.17) is 31.9 Å². The van der Waals surface area contributed by atoms with Crippen molar-refractivity contribution in [2.45, 2.75) is 25.3 Å². The maximum Gasteiger partial charge on any atom is 0.320 e. The van der Waals surface area contributed by atoms with Gasteiger partial charge in [0.1, 0.15) is 6.04 Å². The van der Waals surface area contributed by atoms with Crippen molar-refractivity contribution in [2.75, 3.05) is 13.2 Å². The molecule has 1 aromatic carbocycles. The van der Waals surface area contributed by atoms with Gasteiger partial charge in [0.05, 0.1) is 13.2 Å². The van der Waals surface area contributed by atoms with Crippen LogP contribution in [0.2, 0.25) is 5.02 Å². The summed E-state index contributed by atoms with van der Waals surface area (Å²) in [6.07, 6.45) is 2.40. The summed E-state index contributed by atoms with van der Waals surface area (Å²) in [5, 5.41) is 9.32. The molecule has 20 heavy (non-hydrogen) atoms. The van der Waals surface area contributed by atoms with Crippen molar-refractivity contribution in [3.05, 3.63) is 22.7 Å². The van der Waals surface area contributed by atoms with E-state index in [0.717, 1.165) is 12.8 Å². The molecule has 1 atom stereocenters. The molecule has 108 valence electrons. The van der Waals surface area contributed by atoms with E-state index in [1.54, 1.807) is 12.1 Å². The monoisotopic (exact) mass is 297 g/mol. The van der Waals surface area contributed by atoms with Crippen molar-refractivity contribution in [1.82, 2.24) is 0 Å². The number of nitrogens with two attached hydrogens (primary N) is 1. The molecule has 1 aliphatic carbocycles. The van der Waals surface area contributed by atoms with Crippen LogP contribution >= 0.6 is 11.6 Å². The normalized spacial score (nSPS) is 20.3. The number of carboxylic acids is 1. The number of halogens is 1. The van der Waals surface area contributed by atoms with Gasteiger partial charge in [-0.05, 0) is 30.9 Å². The van der Waals surface area contributed by atoms with E-state index in [9.17, 15) is 4.79 Å². The van der Waals surface area contributed by atoms with Crippen molar-refractivity contribution >= 4 is 17.6 Å². The van der Waals surface area contributed by atoms with Gasteiger partial charge < -0.3 is 20.3 Å². The predicted molar refractivity (Wildman–Crippen MR) is 73.4 cm³/mol. The van der Waals surface area contributed by atoms with Gasteiger partial charge in [-0.2, -0.15) is 0 Å². The minimum absolute atomic E-state index is 0.156. The van der Waals surface area contributed by atoms with Gasteiger partial charge in [0, 0.05) is 16.5 Å². The second-order valence-electron chi connectivity index (χ2n) is 5.62. The van der Waals surface area contributed by atoms with Gasteiger partial charge in [0.2, 0.25) is 0 Å². The van der Waals surface area contributed by atoms with Gasteiger partial charge in [-0.15, -0.1) is 0 Å². The minimum atomic E-state index is -1.05. The molecule has 0 amide bonds. The first-order chi connectivity index (χ1) is 9.49.